The van der Waals surface area contributed by atoms with Crippen LogP contribution in [0.2, 0.25) is 0 Å². The van der Waals surface area contributed by atoms with Gasteiger partial charge in [-0.2, -0.15) is 0 Å². The first-order valence-corrected chi connectivity index (χ1v) is 16.3. The molecule has 0 spiro atoms. The van der Waals surface area contributed by atoms with Crippen molar-refractivity contribution in [1.29, 1.82) is 0 Å². The molecular weight excluding hydrogens is 572 g/mol. The van der Waals surface area contributed by atoms with E-state index in [0.29, 0.717) is 26.4 Å². The molecule has 3 aliphatic rings. The van der Waals surface area contributed by atoms with Crippen LogP contribution in [0.5, 0.6) is 23.0 Å². The minimum Gasteiger partial charge on any atom is -1.00 e. The zero-order valence-corrected chi connectivity index (χ0v) is 26.5. The van der Waals surface area contributed by atoms with Gasteiger partial charge in [0.1, 0.15) is 18.8 Å². The van der Waals surface area contributed by atoms with Crippen molar-refractivity contribution in [2.75, 3.05) is 44.4 Å². The summed E-state index contributed by atoms with van der Waals surface area (Å²) in [6.07, 6.45) is 21.8. The molecule has 3 heterocycles. The Morgan fingerprint density at radius 2 is 1.18 bits per heavy atom. The summed E-state index contributed by atoms with van der Waals surface area (Å²) in [5.74, 6) is 3.56. The molecular formula is C37H45ClN2O4. The summed E-state index contributed by atoms with van der Waals surface area (Å²) < 4.78 is 28.0. The van der Waals surface area contributed by atoms with Crippen LogP contribution in [0.1, 0.15) is 64.2 Å². The van der Waals surface area contributed by atoms with Gasteiger partial charge in [0.05, 0.1) is 26.4 Å². The highest BCUT2D eigenvalue weighted by molar-refractivity contribution is 5.96. The molecule has 6 rings (SSSR count). The minimum atomic E-state index is 0. The highest BCUT2D eigenvalue weighted by Crippen LogP contribution is 2.42. The molecule has 0 aliphatic carbocycles. The number of para-hydroxylation sites is 1. The fraction of sp³-hybridized carbons (Fsp3) is 0.432. The Kier molecular flexibility index (Phi) is 11.9. The Morgan fingerprint density at radius 1 is 0.591 bits per heavy atom. The summed E-state index contributed by atoms with van der Waals surface area (Å²) in [4.78, 5) is 2.29. The lowest BCUT2D eigenvalue weighted by atomic mass is 10.1. The third-order valence-electron chi connectivity index (χ3n) is 8.26. The average molecular weight is 617 g/mol. The molecule has 44 heavy (non-hydrogen) atoms. The van der Waals surface area contributed by atoms with Crippen molar-refractivity contribution >= 4 is 28.5 Å². The van der Waals surface area contributed by atoms with Crippen LogP contribution in [-0.2, 0) is 0 Å². The van der Waals surface area contributed by atoms with Gasteiger partial charge in [-0.05, 0) is 99.9 Å². The summed E-state index contributed by atoms with van der Waals surface area (Å²) in [5.41, 5.74) is 2.09. The van der Waals surface area contributed by atoms with E-state index >= 15 is 0 Å². The first kappa shape index (κ1) is 31.8. The van der Waals surface area contributed by atoms with Gasteiger partial charge in [-0.25, -0.2) is 9.48 Å². The number of anilines is 1. The maximum atomic E-state index is 6.50. The van der Waals surface area contributed by atoms with Gasteiger partial charge in [-0.1, -0.05) is 42.5 Å². The van der Waals surface area contributed by atoms with E-state index in [-0.39, 0.29) is 12.4 Å². The highest BCUT2D eigenvalue weighted by Gasteiger charge is 2.31. The lowest BCUT2D eigenvalue weighted by Gasteiger charge is -2.18. The first-order valence-electron chi connectivity index (χ1n) is 16.3. The lowest BCUT2D eigenvalue weighted by molar-refractivity contribution is -0.423. The Balaban J connectivity index is 0.00000384. The maximum absolute atomic E-state index is 6.50. The van der Waals surface area contributed by atoms with E-state index in [1.165, 1.54) is 5.39 Å². The Hall–Kier alpha value is -3.64. The first-order chi connectivity index (χ1) is 21.4. The van der Waals surface area contributed by atoms with Crippen LogP contribution in [0.25, 0.3) is 10.8 Å². The van der Waals surface area contributed by atoms with Crippen molar-refractivity contribution in [1.82, 2.24) is 0 Å². The van der Waals surface area contributed by atoms with Gasteiger partial charge in [0.15, 0.2) is 22.9 Å². The summed E-state index contributed by atoms with van der Waals surface area (Å²) in [6.45, 7) is 4.40. The fourth-order valence-corrected chi connectivity index (χ4v) is 5.96. The normalized spacial score (nSPS) is 19.8. The number of nitrogens with zero attached hydrogens (tertiary/aromatic N) is 2. The van der Waals surface area contributed by atoms with Crippen LogP contribution < -0.4 is 36.3 Å². The largest absolute Gasteiger partial charge is 1.00 e. The van der Waals surface area contributed by atoms with Gasteiger partial charge >= 0.3 is 0 Å². The zero-order valence-electron chi connectivity index (χ0n) is 25.7. The quantitative estimate of drug-likeness (QED) is 0.243. The molecule has 0 fully saturated rings. The molecule has 234 valence electrons. The molecule has 0 saturated carbocycles. The molecule has 3 aromatic carbocycles. The molecule has 0 radical (unpaired) electrons. The van der Waals surface area contributed by atoms with Crippen molar-refractivity contribution in [2.24, 2.45) is 0 Å². The molecule has 7 heteroatoms. The summed E-state index contributed by atoms with van der Waals surface area (Å²) in [6, 6.07) is 16.9. The topological polar surface area (TPSA) is 43.2 Å². The highest BCUT2D eigenvalue weighted by atomic mass is 35.5. The molecule has 0 atom stereocenters. The molecule has 0 saturated heterocycles. The zero-order chi connectivity index (χ0) is 29.1. The predicted molar refractivity (Wildman–Crippen MR) is 175 cm³/mol. The van der Waals surface area contributed by atoms with Crippen LogP contribution in [0, 0.1) is 0 Å². The third kappa shape index (κ3) is 8.09. The van der Waals surface area contributed by atoms with E-state index in [2.05, 4.69) is 88.6 Å². The maximum Gasteiger partial charge on any atom is 0.245 e. The fourth-order valence-electron chi connectivity index (χ4n) is 5.96. The number of hydrogen-bond acceptors (Lipinski definition) is 5. The Labute approximate surface area is 268 Å². The monoisotopic (exact) mass is 616 g/mol. The second-order valence-electron chi connectivity index (χ2n) is 11.5. The van der Waals surface area contributed by atoms with Gasteiger partial charge < -0.3 is 31.4 Å². The van der Waals surface area contributed by atoms with Crippen molar-refractivity contribution in [3.05, 3.63) is 72.8 Å². The van der Waals surface area contributed by atoms with E-state index in [1.54, 1.807) is 0 Å². The van der Waals surface area contributed by atoms with Crippen LogP contribution in [-0.4, -0.2) is 50.4 Å². The van der Waals surface area contributed by atoms with Gasteiger partial charge in [-0.3, -0.25) is 0 Å². The number of hydrogen-bond donors (Lipinski definition) is 0. The molecule has 6 nitrogen and oxygen atoms in total. The molecule has 0 unspecified atom stereocenters. The lowest BCUT2D eigenvalue weighted by Crippen LogP contribution is -3.00. The summed E-state index contributed by atoms with van der Waals surface area (Å²) in [7, 11) is 0. The number of ether oxygens (including phenoxy) is 4. The second-order valence-corrected chi connectivity index (χ2v) is 11.5. The van der Waals surface area contributed by atoms with Gasteiger partial charge in [0.25, 0.3) is 0 Å². The molecule has 0 N–H and O–H groups in total. The Bertz CT molecular complexity index is 1460. The van der Waals surface area contributed by atoms with E-state index in [0.717, 1.165) is 117 Å². The summed E-state index contributed by atoms with van der Waals surface area (Å²) in [5, 5.41) is 2.31. The van der Waals surface area contributed by atoms with Crippen LogP contribution in [0.3, 0.4) is 0 Å². The Morgan fingerprint density at radius 3 is 1.89 bits per heavy atom. The third-order valence-corrected chi connectivity index (χ3v) is 8.26. The van der Waals surface area contributed by atoms with Crippen molar-refractivity contribution in [3.8, 4) is 23.0 Å². The number of rotatable bonds is 0. The smallest absolute Gasteiger partial charge is 0.245 e. The predicted octanol–water partition coefficient (Wildman–Crippen LogP) is 5.59. The van der Waals surface area contributed by atoms with E-state index < -0.39 is 0 Å². The van der Waals surface area contributed by atoms with Gasteiger partial charge in [0.2, 0.25) is 12.0 Å². The van der Waals surface area contributed by atoms with Gasteiger partial charge in [-0.15, -0.1) is 0 Å². The number of halogens is 1. The average Bonchev–Trinajstić information content (AvgIpc) is 3.50. The van der Waals surface area contributed by atoms with Crippen molar-refractivity contribution < 1.29 is 35.9 Å². The molecule has 3 aliphatic heterocycles. The van der Waals surface area contributed by atoms with E-state index in [9.17, 15) is 0 Å². The van der Waals surface area contributed by atoms with Crippen LogP contribution in [0.4, 0.5) is 11.4 Å². The van der Waals surface area contributed by atoms with E-state index in [1.807, 2.05) is 0 Å². The molecule has 3 aromatic rings. The molecule has 0 amide bonds. The SMILES string of the molecule is C1=[N+]2CCN1c1c3cccc1OCCCC/C=C/CCCOc1ccc4ccc(cc4c12)OCCC/C=C/CCCCO3.[Cl-]. The minimum absolute atomic E-state index is 0. The molecule has 6 bridgehead atoms. The van der Waals surface area contributed by atoms with Crippen molar-refractivity contribution in [3.63, 3.8) is 0 Å². The van der Waals surface area contributed by atoms with Gasteiger partial charge in [0, 0.05) is 5.39 Å². The number of benzene rings is 3. The number of fused-ring (bicyclic) bond motifs is 1. The van der Waals surface area contributed by atoms with Crippen molar-refractivity contribution in [2.45, 2.75) is 64.2 Å². The van der Waals surface area contributed by atoms with Crippen LogP contribution in [0.15, 0.2) is 72.8 Å². The molecule has 0 aromatic heterocycles. The van der Waals surface area contributed by atoms with E-state index in [4.69, 9.17) is 18.9 Å². The standard InChI is InChI=1S/C37H45N2O4.ClH/c1-3-7-11-24-40-31-20-18-30-19-21-35-36(32(30)28-31)38-22-23-39(29-38)37-33(41-25-12-8-4-1)16-15-17-34(37)42-26-13-9-5-2-6-10-14-27-43-35;/h1-3,6,15-21,28-29H,4-5,7-14,22-27H2;1H/q+1;/p-1/b3-1+,6-2+;. The second kappa shape index (κ2) is 16.4. The van der Waals surface area contributed by atoms with Crippen LogP contribution >= 0.6 is 0 Å². The summed E-state index contributed by atoms with van der Waals surface area (Å²) >= 11 is 0. The number of allylic oxidation sites excluding steroid dienone is 4.